The maximum atomic E-state index is 12.2. The van der Waals surface area contributed by atoms with Gasteiger partial charge in [-0.25, -0.2) is 9.97 Å². The Morgan fingerprint density at radius 3 is 2.73 bits per heavy atom. The molecule has 0 bridgehead atoms. The molecular formula is C19H16ClN3O2S. The van der Waals surface area contributed by atoms with E-state index >= 15 is 0 Å². The molecule has 0 saturated heterocycles. The standard InChI is InChI=1S/C19H16ClN3O2S/c1-25-18(24)17(12-13-5-4-6-14(20)11-13)26-19-22-10-8-16(23-19)15-7-2-3-9-21-15/h2-11,17H,12H2,1H3. The quantitative estimate of drug-likeness (QED) is 0.362. The first-order valence-electron chi connectivity index (χ1n) is 7.89. The molecule has 0 fully saturated rings. The Bertz CT molecular complexity index is 893. The van der Waals surface area contributed by atoms with Crippen molar-refractivity contribution in [2.24, 2.45) is 0 Å². The number of ether oxygens (including phenoxy) is 1. The van der Waals surface area contributed by atoms with Gasteiger partial charge in [0.05, 0.1) is 18.5 Å². The van der Waals surface area contributed by atoms with Gasteiger partial charge in [0, 0.05) is 17.4 Å². The second kappa shape index (κ2) is 8.78. The molecule has 0 spiro atoms. The van der Waals surface area contributed by atoms with Crippen molar-refractivity contribution in [1.29, 1.82) is 0 Å². The summed E-state index contributed by atoms with van der Waals surface area (Å²) in [5.74, 6) is -0.332. The average molecular weight is 386 g/mol. The molecule has 0 aliphatic heterocycles. The van der Waals surface area contributed by atoms with Gasteiger partial charge in [-0.05, 0) is 42.3 Å². The van der Waals surface area contributed by atoms with E-state index in [1.165, 1.54) is 18.9 Å². The summed E-state index contributed by atoms with van der Waals surface area (Å²) >= 11 is 7.30. The molecule has 3 rings (SSSR count). The zero-order valence-corrected chi connectivity index (χ0v) is 15.6. The van der Waals surface area contributed by atoms with E-state index < -0.39 is 5.25 Å². The van der Waals surface area contributed by atoms with Crippen LogP contribution in [0.1, 0.15) is 5.56 Å². The normalized spacial score (nSPS) is 11.8. The van der Waals surface area contributed by atoms with Crippen molar-refractivity contribution < 1.29 is 9.53 Å². The van der Waals surface area contributed by atoms with Crippen LogP contribution in [0.15, 0.2) is 66.1 Å². The summed E-state index contributed by atoms with van der Waals surface area (Å²) in [6, 6.07) is 14.8. The number of carbonyl (C=O) groups excluding carboxylic acids is 1. The highest BCUT2D eigenvalue weighted by atomic mass is 35.5. The third-order valence-electron chi connectivity index (χ3n) is 3.58. The molecular weight excluding hydrogens is 370 g/mol. The minimum Gasteiger partial charge on any atom is -0.468 e. The second-order valence-electron chi connectivity index (χ2n) is 5.40. The monoisotopic (exact) mass is 385 g/mol. The van der Waals surface area contributed by atoms with Crippen LogP contribution in [0, 0.1) is 0 Å². The van der Waals surface area contributed by atoms with Crippen LogP contribution in [0.2, 0.25) is 5.02 Å². The summed E-state index contributed by atoms with van der Waals surface area (Å²) in [5, 5.41) is 0.646. The molecule has 7 heteroatoms. The molecule has 3 aromatic rings. The highest BCUT2D eigenvalue weighted by Gasteiger charge is 2.23. The molecule has 1 aromatic carbocycles. The van der Waals surface area contributed by atoms with Gasteiger partial charge in [-0.1, -0.05) is 41.6 Å². The lowest BCUT2D eigenvalue weighted by molar-refractivity contribution is -0.139. The van der Waals surface area contributed by atoms with Crippen LogP contribution in [0.5, 0.6) is 0 Å². The lowest BCUT2D eigenvalue weighted by Gasteiger charge is -2.14. The van der Waals surface area contributed by atoms with E-state index in [2.05, 4.69) is 15.0 Å². The second-order valence-corrected chi connectivity index (χ2v) is 7.01. The summed E-state index contributed by atoms with van der Waals surface area (Å²) in [6.45, 7) is 0. The Morgan fingerprint density at radius 2 is 2.00 bits per heavy atom. The number of carbonyl (C=O) groups is 1. The maximum absolute atomic E-state index is 12.2. The molecule has 0 aliphatic carbocycles. The van der Waals surface area contributed by atoms with Crippen molar-refractivity contribution in [2.45, 2.75) is 16.8 Å². The van der Waals surface area contributed by atoms with Crippen LogP contribution >= 0.6 is 23.4 Å². The Kier molecular flexibility index (Phi) is 6.20. The molecule has 2 heterocycles. The Morgan fingerprint density at radius 1 is 1.12 bits per heavy atom. The van der Waals surface area contributed by atoms with E-state index in [4.69, 9.17) is 16.3 Å². The molecule has 1 atom stereocenters. The predicted octanol–water partition coefficient (Wildman–Crippen LogP) is 4.07. The summed E-state index contributed by atoms with van der Waals surface area (Å²) in [5.41, 5.74) is 2.40. The maximum Gasteiger partial charge on any atom is 0.319 e. The van der Waals surface area contributed by atoms with Crippen LogP contribution in [0.25, 0.3) is 11.4 Å². The molecule has 0 radical (unpaired) electrons. The summed E-state index contributed by atoms with van der Waals surface area (Å²) in [7, 11) is 1.37. The van der Waals surface area contributed by atoms with Crippen molar-refractivity contribution in [3.8, 4) is 11.4 Å². The lowest BCUT2D eigenvalue weighted by atomic mass is 10.1. The van der Waals surface area contributed by atoms with E-state index in [1.807, 2.05) is 36.4 Å². The van der Waals surface area contributed by atoms with Gasteiger partial charge in [-0.15, -0.1) is 0 Å². The zero-order valence-electron chi connectivity index (χ0n) is 14.0. The van der Waals surface area contributed by atoms with Gasteiger partial charge in [-0.3, -0.25) is 9.78 Å². The number of methoxy groups -OCH3 is 1. The van der Waals surface area contributed by atoms with Crippen LogP contribution < -0.4 is 0 Å². The smallest absolute Gasteiger partial charge is 0.319 e. The summed E-state index contributed by atoms with van der Waals surface area (Å²) in [4.78, 5) is 25.3. The molecule has 26 heavy (non-hydrogen) atoms. The summed E-state index contributed by atoms with van der Waals surface area (Å²) in [6.07, 6.45) is 3.84. The number of rotatable bonds is 6. The fourth-order valence-corrected chi connectivity index (χ4v) is 3.57. The third kappa shape index (κ3) is 4.80. The first-order chi connectivity index (χ1) is 12.7. The van der Waals surface area contributed by atoms with E-state index in [-0.39, 0.29) is 5.97 Å². The van der Waals surface area contributed by atoms with Crippen LogP contribution in [0.4, 0.5) is 0 Å². The average Bonchev–Trinajstić information content (AvgIpc) is 2.68. The highest BCUT2D eigenvalue weighted by Crippen LogP contribution is 2.26. The number of hydrogen-bond donors (Lipinski definition) is 0. The van der Waals surface area contributed by atoms with Gasteiger partial charge in [0.15, 0.2) is 5.16 Å². The molecule has 0 N–H and O–H groups in total. The van der Waals surface area contributed by atoms with Gasteiger partial charge >= 0.3 is 5.97 Å². The fourth-order valence-electron chi connectivity index (χ4n) is 2.36. The van der Waals surface area contributed by atoms with Gasteiger partial charge < -0.3 is 4.74 Å². The lowest BCUT2D eigenvalue weighted by Crippen LogP contribution is -2.21. The SMILES string of the molecule is COC(=O)C(Cc1cccc(Cl)c1)Sc1nccc(-c2ccccn2)n1. The van der Waals surface area contributed by atoms with Crippen molar-refractivity contribution in [3.05, 3.63) is 71.5 Å². The van der Waals surface area contributed by atoms with E-state index in [0.717, 1.165) is 11.3 Å². The van der Waals surface area contributed by atoms with Crippen molar-refractivity contribution in [1.82, 2.24) is 15.0 Å². The third-order valence-corrected chi connectivity index (χ3v) is 4.87. The first kappa shape index (κ1) is 18.4. The van der Waals surface area contributed by atoms with Crippen molar-refractivity contribution >= 4 is 29.3 Å². The number of thioether (sulfide) groups is 1. The first-order valence-corrected chi connectivity index (χ1v) is 9.15. The number of hydrogen-bond acceptors (Lipinski definition) is 6. The van der Waals surface area contributed by atoms with Gasteiger partial charge in [-0.2, -0.15) is 0 Å². The van der Waals surface area contributed by atoms with Crippen LogP contribution in [0.3, 0.4) is 0 Å². The Balaban J connectivity index is 1.82. The highest BCUT2D eigenvalue weighted by molar-refractivity contribution is 8.00. The molecule has 1 unspecified atom stereocenters. The molecule has 0 saturated carbocycles. The Hall–Kier alpha value is -2.44. The number of halogens is 1. The number of nitrogens with zero attached hydrogens (tertiary/aromatic N) is 3. The molecule has 0 aliphatic rings. The van der Waals surface area contributed by atoms with Crippen LogP contribution in [-0.2, 0) is 16.0 Å². The van der Waals surface area contributed by atoms with Crippen molar-refractivity contribution in [3.63, 3.8) is 0 Å². The minimum atomic E-state index is -0.475. The van der Waals surface area contributed by atoms with E-state index in [1.54, 1.807) is 24.5 Å². The number of pyridine rings is 1. The zero-order chi connectivity index (χ0) is 18.4. The largest absolute Gasteiger partial charge is 0.468 e. The van der Waals surface area contributed by atoms with Crippen molar-refractivity contribution in [2.75, 3.05) is 7.11 Å². The predicted molar refractivity (Wildman–Crippen MR) is 102 cm³/mol. The number of aromatic nitrogens is 3. The van der Waals surface area contributed by atoms with Gasteiger partial charge in [0.1, 0.15) is 5.25 Å². The number of benzene rings is 1. The minimum absolute atomic E-state index is 0.332. The summed E-state index contributed by atoms with van der Waals surface area (Å²) < 4.78 is 4.94. The molecule has 132 valence electrons. The molecule has 2 aromatic heterocycles. The van der Waals surface area contributed by atoms with Crippen LogP contribution in [-0.4, -0.2) is 33.3 Å². The van der Waals surface area contributed by atoms with Gasteiger partial charge in [0.2, 0.25) is 0 Å². The molecule has 5 nitrogen and oxygen atoms in total. The Labute approximate surface area is 160 Å². The van der Waals surface area contributed by atoms with E-state index in [0.29, 0.717) is 22.3 Å². The topological polar surface area (TPSA) is 65.0 Å². The fraction of sp³-hybridized carbons (Fsp3) is 0.158. The number of esters is 1. The molecule has 0 amide bonds. The van der Waals surface area contributed by atoms with Gasteiger partial charge in [0.25, 0.3) is 0 Å². The van der Waals surface area contributed by atoms with E-state index in [9.17, 15) is 4.79 Å².